The Morgan fingerprint density at radius 1 is 1.29 bits per heavy atom. The lowest BCUT2D eigenvalue weighted by molar-refractivity contribution is 0.414. The summed E-state index contributed by atoms with van der Waals surface area (Å²) >= 11 is 0. The molecule has 0 saturated carbocycles. The summed E-state index contributed by atoms with van der Waals surface area (Å²) in [6, 6.07) is 7.91. The van der Waals surface area contributed by atoms with Crippen molar-refractivity contribution in [1.29, 1.82) is 0 Å². The Bertz CT molecular complexity index is 488. The molecule has 0 radical (unpaired) electrons. The first-order valence-corrected chi connectivity index (χ1v) is 5.64. The van der Waals surface area contributed by atoms with Gasteiger partial charge in [-0.3, -0.25) is 0 Å². The van der Waals surface area contributed by atoms with Crippen LogP contribution in [0, 0.1) is 6.92 Å². The Kier molecular flexibility index (Phi) is 3.44. The predicted molar refractivity (Wildman–Crippen MR) is 67.6 cm³/mol. The van der Waals surface area contributed by atoms with Gasteiger partial charge in [-0.1, -0.05) is 0 Å². The number of benzene rings is 1. The summed E-state index contributed by atoms with van der Waals surface area (Å²) in [5, 5.41) is 0. The van der Waals surface area contributed by atoms with E-state index in [1.165, 1.54) is 0 Å². The predicted octanol–water partition coefficient (Wildman–Crippen LogP) is 1.69. The molecule has 4 heteroatoms. The van der Waals surface area contributed by atoms with Crippen molar-refractivity contribution >= 4 is 0 Å². The number of methoxy groups -OCH3 is 1. The molecule has 1 aromatic heterocycles. The molecule has 0 aliphatic rings. The zero-order valence-electron chi connectivity index (χ0n) is 10.2. The fourth-order valence-electron chi connectivity index (χ4n) is 1.81. The van der Waals surface area contributed by atoms with E-state index in [1.807, 2.05) is 37.4 Å². The van der Waals surface area contributed by atoms with Crippen LogP contribution in [-0.4, -0.2) is 23.2 Å². The van der Waals surface area contributed by atoms with Gasteiger partial charge in [-0.2, -0.15) is 0 Å². The highest BCUT2D eigenvalue weighted by molar-refractivity contribution is 5.38. The smallest absolute Gasteiger partial charge is 0.119 e. The van der Waals surface area contributed by atoms with Gasteiger partial charge in [0.05, 0.1) is 12.8 Å². The third kappa shape index (κ3) is 2.47. The van der Waals surface area contributed by atoms with Crippen LogP contribution < -0.4 is 10.5 Å². The maximum absolute atomic E-state index is 5.53. The first-order chi connectivity index (χ1) is 8.24. The van der Waals surface area contributed by atoms with Crippen LogP contribution in [0.25, 0.3) is 5.69 Å². The summed E-state index contributed by atoms with van der Waals surface area (Å²) in [5.41, 5.74) is 7.64. The number of nitrogens with zero attached hydrogens (tertiary/aromatic N) is 2. The normalized spacial score (nSPS) is 10.5. The molecule has 0 amide bonds. The number of imidazole rings is 1. The lowest BCUT2D eigenvalue weighted by Gasteiger charge is -2.05. The molecular formula is C13H17N3O. The molecule has 0 saturated heterocycles. The highest BCUT2D eigenvalue weighted by atomic mass is 16.5. The molecule has 0 spiro atoms. The number of aryl methyl sites for hydroxylation is 1. The minimum Gasteiger partial charge on any atom is -0.497 e. The number of nitrogens with two attached hydrogens (primary N) is 1. The van der Waals surface area contributed by atoms with Crippen molar-refractivity contribution in [3.63, 3.8) is 0 Å². The summed E-state index contributed by atoms with van der Waals surface area (Å²) in [7, 11) is 1.66. The van der Waals surface area contributed by atoms with E-state index in [0.29, 0.717) is 6.54 Å². The van der Waals surface area contributed by atoms with Crippen molar-refractivity contribution in [3.8, 4) is 11.4 Å². The van der Waals surface area contributed by atoms with Crippen molar-refractivity contribution in [2.24, 2.45) is 5.73 Å². The highest BCUT2D eigenvalue weighted by Crippen LogP contribution is 2.17. The van der Waals surface area contributed by atoms with Crippen LogP contribution in [-0.2, 0) is 6.42 Å². The van der Waals surface area contributed by atoms with E-state index < -0.39 is 0 Å². The Morgan fingerprint density at radius 3 is 2.59 bits per heavy atom. The Morgan fingerprint density at radius 2 is 2.00 bits per heavy atom. The molecule has 2 rings (SSSR count). The highest BCUT2D eigenvalue weighted by Gasteiger charge is 2.05. The molecule has 0 atom stereocenters. The van der Waals surface area contributed by atoms with Gasteiger partial charge in [0.25, 0.3) is 0 Å². The van der Waals surface area contributed by atoms with Crippen molar-refractivity contribution < 1.29 is 4.74 Å². The molecular weight excluding hydrogens is 214 g/mol. The van der Waals surface area contributed by atoms with Gasteiger partial charge in [0, 0.05) is 18.3 Å². The number of hydrogen-bond acceptors (Lipinski definition) is 3. The molecule has 2 N–H and O–H groups in total. The fourth-order valence-corrected chi connectivity index (χ4v) is 1.81. The molecule has 4 nitrogen and oxygen atoms in total. The van der Waals surface area contributed by atoms with E-state index in [1.54, 1.807) is 7.11 Å². The number of rotatable bonds is 4. The molecule has 1 heterocycles. The van der Waals surface area contributed by atoms with Crippen molar-refractivity contribution in [2.45, 2.75) is 13.3 Å². The Hall–Kier alpha value is -1.81. The lowest BCUT2D eigenvalue weighted by Crippen LogP contribution is -2.02. The molecule has 1 aromatic carbocycles. The van der Waals surface area contributed by atoms with Crippen LogP contribution in [0.5, 0.6) is 5.75 Å². The van der Waals surface area contributed by atoms with Crippen LogP contribution in [0.15, 0.2) is 30.5 Å². The van der Waals surface area contributed by atoms with Crippen LogP contribution >= 0.6 is 0 Å². The second-order valence-corrected chi connectivity index (χ2v) is 3.89. The first-order valence-electron chi connectivity index (χ1n) is 5.64. The zero-order chi connectivity index (χ0) is 12.3. The average Bonchev–Trinajstić information content (AvgIpc) is 2.71. The summed E-state index contributed by atoms with van der Waals surface area (Å²) < 4.78 is 7.20. The van der Waals surface area contributed by atoms with Gasteiger partial charge >= 0.3 is 0 Å². The van der Waals surface area contributed by atoms with Crippen molar-refractivity contribution in [1.82, 2.24) is 9.55 Å². The SMILES string of the molecule is COc1ccc(-n2cc(CCN)nc2C)cc1. The third-order valence-electron chi connectivity index (χ3n) is 2.68. The van der Waals surface area contributed by atoms with E-state index in [9.17, 15) is 0 Å². The number of aromatic nitrogens is 2. The van der Waals surface area contributed by atoms with Gasteiger partial charge in [-0.05, 0) is 37.7 Å². The number of ether oxygens (including phenoxy) is 1. The average molecular weight is 231 g/mol. The topological polar surface area (TPSA) is 53.1 Å². The minimum absolute atomic E-state index is 0.624. The Balaban J connectivity index is 2.31. The molecule has 17 heavy (non-hydrogen) atoms. The Labute approximate surface area is 101 Å². The zero-order valence-corrected chi connectivity index (χ0v) is 10.2. The molecule has 0 unspecified atom stereocenters. The number of hydrogen-bond donors (Lipinski definition) is 1. The largest absolute Gasteiger partial charge is 0.497 e. The summed E-state index contributed by atoms with van der Waals surface area (Å²) in [6.45, 7) is 2.61. The lowest BCUT2D eigenvalue weighted by atomic mass is 10.3. The summed E-state index contributed by atoms with van der Waals surface area (Å²) in [6.07, 6.45) is 2.84. The van der Waals surface area contributed by atoms with Gasteiger partial charge in [-0.15, -0.1) is 0 Å². The first kappa shape index (κ1) is 11.7. The van der Waals surface area contributed by atoms with Gasteiger partial charge in [0.15, 0.2) is 0 Å². The van der Waals surface area contributed by atoms with Crippen molar-refractivity contribution in [3.05, 3.63) is 42.0 Å². The van der Waals surface area contributed by atoms with E-state index in [-0.39, 0.29) is 0 Å². The molecule has 0 fully saturated rings. The maximum Gasteiger partial charge on any atom is 0.119 e. The quantitative estimate of drug-likeness (QED) is 0.871. The van der Waals surface area contributed by atoms with Gasteiger partial charge in [0.2, 0.25) is 0 Å². The van der Waals surface area contributed by atoms with Crippen LogP contribution in [0.4, 0.5) is 0 Å². The second kappa shape index (κ2) is 5.01. The van der Waals surface area contributed by atoms with Gasteiger partial charge < -0.3 is 15.0 Å². The molecule has 0 aliphatic heterocycles. The van der Waals surface area contributed by atoms with Crippen LogP contribution in [0.3, 0.4) is 0 Å². The van der Waals surface area contributed by atoms with E-state index in [4.69, 9.17) is 10.5 Å². The van der Waals surface area contributed by atoms with Gasteiger partial charge in [-0.25, -0.2) is 4.98 Å². The van der Waals surface area contributed by atoms with Crippen LogP contribution in [0.1, 0.15) is 11.5 Å². The van der Waals surface area contributed by atoms with Crippen molar-refractivity contribution in [2.75, 3.05) is 13.7 Å². The van der Waals surface area contributed by atoms with E-state index in [2.05, 4.69) is 9.55 Å². The summed E-state index contributed by atoms with van der Waals surface area (Å²) in [4.78, 5) is 4.47. The second-order valence-electron chi connectivity index (χ2n) is 3.89. The molecule has 90 valence electrons. The fraction of sp³-hybridized carbons (Fsp3) is 0.308. The minimum atomic E-state index is 0.624. The molecule has 0 aliphatic carbocycles. The summed E-state index contributed by atoms with van der Waals surface area (Å²) in [5.74, 6) is 1.83. The molecule has 2 aromatic rings. The van der Waals surface area contributed by atoms with Gasteiger partial charge in [0.1, 0.15) is 11.6 Å². The van der Waals surface area contributed by atoms with E-state index >= 15 is 0 Å². The monoisotopic (exact) mass is 231 g/mol. The van der Waals surface area contributed by atoms with E-state index in [0.717, 1.165) is 29.4 Å². The molecule has 0 bridgehead atoms. The standard InChI is InChI=1S/C13H17N3O/c1-10-15-11(7-8-14)9-16(10)12-3-5-13(17-2)6-4-12/h3-6,9H,7-8,14H2,1-2H3. The maximum atomic E-state index is 5.53. The van der Waals surface area contributed by atoms with Crippen LogP contribution in [0.2, 0.25) is 0 Å². The third-order valence-corrected chi connectivity index (χ3v) is 2.68.